The highest BCUT2D eigenvalue weighted by molar-refractivity contribution is 6.22. The quantitative estimate of drug-likeness (QED) is 0.181. The lowest BCUT2D eigenvalue weighted by atomic mass is 9.83. The Morgan fingerprint density at radius 2 is 1.06 bits per heavy atom. The number of benzene rings is 7. The highest BCUT2D eigenvalue weighted by Crippen LogP contribution is 2.47. The summed E-state index contributed by atoms with van der Waals surface area (Å²) in [6, 6.07) is 52.4. The standard InChI is InChI=1S/C47H32O/c1-31-16-4-2-5-19-33-20-8-9-22-36(33)47-44(31)42-29-28-34(30-43(42)48-47)45-38-24-12-14-26-40(38)46(41-27-15-13-25-39(41)45)37-23-11-10-21-35(37)32-17-6-3-7-18-32/h2-18,20-30H,1,19H2/b5-2-,16-4-. The minimum atomic E-state index is 0.840. The highest BCUT2D eigenvalue weighted by atomic mass is 16.3. The molecule has 0 saturated carbocycles. The van der Waals surface area contributed by atoms with Crippen molar-refractivity contribution < 1.29 is 4.42 Å². The molecule has 0 spiro atoms. The molecule has 1 aromatic heterocycles. The Labute approximate surface area is 280 Å². The summed E-state index contributed by atoms with van der Waals surface area (Å²) in [4.78, 5) is 0. The van der Waals surface area contributed by atoms with E-state index in [2.05, 4.69) is 176 Å². The zero-order valence-corrected chi connectivity index (χ0v) is 26.5. The van der Waals surface area contributed by atoms with Gasteiger partial charge in [-0.15, -0.1) is 0 Å². The van der Waals surface area contributed by atoms with E-state index >= 15 is 0 Å². The van der Waals surface area contributed by atoms with Crippen LogP contribution >= 0.6 is 0 Å². The van der Waals surface area contributed by atoms with E-state index in [4.69, 9.17) is 4.42 Å². The molecule has 226 valence electrons. The maximum absolute atomic E-state index is 6.84. The molecule has 0 N–H and O–H groups in total. The van der Waals surface area contributed by atoms with Gasteiger partial charge in [0.1, 0.15) is 11.3 Å². The summed E-state index contributed by atoms with van der Waals surface area (Å²) in [7, 11) is 0. The van der Waals surface area contributed by atoms with Crippen molar-refractivity contribution in [1.29, 1.82) is 0 Å². The van der Waals surface area contributed by atoms with E-state index in [1.165, 1.54) is 54.9 Å². The van der Waals surface area contributed by atoms with Crippen LogP contribution < -0.4 is 0 Å². The summed E-state index contributed by atoms with van der Waals surface area (Å²) >= 11 is 0. The van der Waals surface area contributed by atoms with E-state index in [0.717, 1.165) is 45.4 Å². The lowest BCUT2D eigenvalue weighted by molar-refractivity contribution is 0.630. The molecular weight excluding hydrogens is 581 g/mol. The Kier molecular flexibility index (Phi) is 6.76. The van der Waals surface area contributed by atoms with Gasteiger partial charge in [-0.2, -0.15) is 0 Å². The van der Waals surface area contributed by atoms with Crippen molar-refractivity contribution in [3.8, 4) is 44.7 Å². The van der Waals surface area contributed by atoms with E-state index in [-0.39, 0.29) is 0 Å². The molecule has 0 aliphatic heterocycles. The van der Waals surface area contributed by atoms with E-state index in [0.29, 0.717) is 0 Å². The number of hydrogen-bond donors (Lipinski definition) is 0. The monoisotopic (exact) mass is 612 g/mol. The Bertz CT molecular complexity index is 2540. The number of allylic oxidation sites excluding steroid dienone is 5. The Morgan fingerprint density at radius 3 is 1.79 bits per heavy atom. The summed E-state index contributed by atoms with van der Waals surface area (Å²) in [6.07, 6.45) is 9.28. The predicted octanol–water partition coefficient (Wildman–Crippen LogP) is 13.1. The first kappa shape index (κ1) is 28.1. The van der Waals surface area contributed by atoms with Gasteiger partial charge in [-0.1, -0.05) is 164 Å². The maximum Gasteiger partial charge on any atom is 0.143 e. The van der Waals surface area contributed by atoms with Gasteiger partial charge < -0.3 is 4.42 Å². The van der Waals surface area contributed by atoms with Gasteiger partial charge in [-0.05, 0) is 84.6 Å². The molecule has 0 atom stereocenters. The fourth-order valence-corrected chi connectivity index (χ4v) is 7.51. The second kappa shape index (κ2) is 11.6. The molecule has 1 aliphatic rings. The molecule has 0 unspecified atom stereocenters. The van der Waals surface area contributed by atoms with Gasteiger partial charge in [0.25, 0.3) is 0 Å². The van der Waals surface area contributed by atoms with Crippen LogP contribution in [0.2, 0.25) is 0 Å². The molecule has 1 heteroatoms. The van der Waals surface area contributed by atoms with Crippen LogP contribution in [0.25, 0.3) is 82.8 Å². The summed E-state index contributed by atoms with van der Waals surface area (Å²) < 4.78 is 6.84. The van der Waals surface area contributed by atoms with Gasteiger partial charge in [-0.3, -0.25) is 0 Å². The first-order valence-corrected chi connectivity index (χ1v) is 16.5. The molecular formula is C47H32O. The van der Waals surface area contributed by atoms with Crippen LogP contribution in [0.3, 0.4) is 0 Å². The van der Waals surface area contributed by atoms with Crippen molar-refractivity contribution in [2.24, 2.45) is 0 Å². The van der Waals surface area contributed by atoms with Gasteiger partial charge >= 0.3 is 0 Å². The third kappa shape index (κ3) is 4.55. The van der Waals surface area contributed by atoms with Crippen LogP contribution in [0.5, 0.6) is 0 Å². The van der Waals surface area contributed by atoms with Crippen molar-refractivity contribution >= 4 is 38.1 Å². The Balaban J connectivity index is 1.32. The van der Waals surface area contributed by atoms with Gasteiger partial charge in [-0.25, -0.2) is 0 Å². The third-order valence-electron chi connectivity index (χ3n) is 9.66. The van der Waals surface area contributed by atoms with Crippen molar-refractivity contribution in [3.63, 3.8) is 0 Å². The molecule has 0 amide bonds. The van der Waals surface area contributed by atoms with Crippen LogP contribution in [0.15, 0.2) is 181 Å². The van der Waals surface area contributed by atoms with E-state index in [1.807, 2.05) is 0 Å². The maximum atomic E-state index is 6.84. The summed E-state index contributed by atoms with van der Waals surface area (Å²) in [5.74, 6) is 0.880. The number of furan rings is 1. The van der Waals surface area contributed by atoms with Crippen LogP contribution in [0, 0.1) is 0 Å². The molecule has 8 aromatic rings. The molecule has 1 nitrogen and oxygen atoms in total. The predicted molar refractivity (Wildman–Crippen MR) is 204 cm³/mol. The van der Waals surface area contributed by atoms with Crippen LogP contribution in [-0.2, 0) is 6.42 Å². The fraction of sp³-hybridized carbons (Fsp3) is 0.0213. The molecule has 7 aromatic carbocycles. The summed E-state index contributed by atoms with van der Waals surface area (Å²) in [5, 5.41) is 5.97. The first-order chi connectivity index (χ1) is 23.8. The molecule has 9 rings (SSSR count). The van der Waals surface area contributed by atoms with Gasteiger partial charge in [0.15, 0.2) is 0 Å². The average molecular weight is 613 g/mol. The lowest BCUT2D eigenvalue weighted by Crippen LogP contribution is -1.92. The Morgan fingerprint density at radius 1 is 0.458 bits per heavy atom. The molecule has 0 fully saturated rings. The molecule has 0 bridgehead atoms. The van der Waals surface area contributed by atoms with Crippen LogP contribution in [0.1, 0.15) is 11.1 Å². The SMILES string of the molecule is C=C1/C=C\C=C/Cc2ccccc2-c2oc3cc(-c4c5ccccc5c(-c5ccccc5-c5ccccc5)c5ccccc45)ccc3c21. The largest absolute Gasteiger partial charge is 0.455 e. The average Bonchev–Trinajstić information content (AvgIpc) is 3.53. The molecule has 1 aliphatic carbocycles. The van der Waals surface area contributed by atoms with Crippen molar-refractivity contribution in [3.05, 3.63) is 188 Å². The lowest BCUT2D eigenvalue weighted by Gasteiger charge is -2.19. The normalized spacial score (nSPS) is 14.1. The minimum Gasteiger partial charge on any atom is -0.455 e. The second-order valence-electron chi connectivity index (χ2n) is 12.4. The molecule has 0 radical (unpaired) electrons. The summed E-state index contributed by atoms with van der Waals surface area (Å²) in [5.41, 5.74) is 12.5. The van der Waals surface area contributed by atoms with E-state index < -0.39 is 0 Å². The molecule has 48 heavy (non-hydrogen) atoms. The zero-order valence-electron chi connectivity index (χ0n) is 26.5. The highest BCUT2D eigenvalue weighted by Gasteiger charge is 2.22. The number of fused-ring (bicyclic) bond motifs is 7. The topological polar surface area (TPSA) is 13.1 Å². The Hall–Kier alpha value is -6.18. The first-order valence-electron chi connectivity index (χ1n) is 16.5. The fourth-order valence-electron chi connectivity index (χ4n) is 7.51. The van der Waals surface area contributed by atoms with Gasteiger partial charge in [0.05, 0.1) is 0 Å². The van der Waals surface area contributed by atoms with Crippen molar-refractivity contribution in [2.75, 3.05) is 0 Å². The van der Waals surface area contributed by atoms with Crippen molar-refractivity contribution in [1.82, 2.24) is 0 Å². The van der Waals surface area contributed by atoms with Crippen LogP contribution in [-0.4, -0.2) is 0 Å². The third-order valence-corrected chi connectivity index (χ3v) is 9.66. The van der Waals surface area contributed by atoms with Crippen LogP contribution in [0.4, 0.5) is 0 Å². The molecule has 0 saturated heterocycles. The second-order valence-corrected chi connectivity index (χ2v) is 12.4. The van der Waals surface area contributed by atoms with E-state index in [1.54, 1.807) is 0 Å². The molecule has 1 heterocycles. The number of hydrogen-bond acceptors (Lipinski definition) is 1. The van der Waals surface area contributed by atoms with Gasteiger partial charge in [0, 0.05) is 16.5 Å². The zero-order chi connectivity index (χ0) is 32.0. The van der Waals surface area contributed by atoms with Gasteiger partial charge in [0.2, 0.25) is 0 Å². The smallest absolute Gasteiger partial charge is 0.143 e. The van der Waals surface area contributed by atoms with Crippen molar-refractivity contribution in [2.45, 2.75) is 6.42 Å². The minimum absolute atomic E-state index is 0.840. The summed E-state index contributed by atoms with van der Waals surface area (Å²) in [6.45, 7) is 4.47. The van der Waals surface area contributed by atoms with E-state index in [9.17, 15) is 0 Å². The number of rotatable bonds is 3.